The minimum Gasteiger partial charge on any atom is -0.489 e. The van der Waals surface area contributed by atoms with Crippen molar-refractivity contribution >= 4 is 28.8 Å². The summed E-state index contributed by atoms with van der Waals surface area (Å²) in [7, 11) is 3.96. The maximum absolute atomic E-state index is 12.0. The Bertz CT molecular complexity index is 670. The first-order valence-corrected chi connectivity index (χ1v) is 8.61. The average molecular weight is 353 g/mol. The molecule has 0 aliphatic rings. The van der Waals surface area contributed by atoms with Crippen molar-refractivity contribution < 1.29 is 9.53 Å². The summed E-state index contributed by atoms with van der Waals surface area (Å²) in [6.45, 7) is 3.85. The minimum absolute atomic E-state index is 0.0363. The van der Waals surface area contributed by atoms with Gasteiger partial charge in [-0.15, -0.1) is 11.3 Å². The van der Waals surface area contributed by atoms with Crippen molar-refractivity contribution in [1.82, 2.24) is 10.2 Å². The number of carbonyl (C=O) groups excluding carboxylic acids is 1. The smallest absolute Gasteiger partial charge is 0.261 e. The molecule has 2 rings (SSSR count). The molecule has 1 aromatic heterocycles. The molecule has 0 saturated heterocycles. The quantitative estimate of drug-likeness (QED) is 0.828. The van der Waals surface area contributed by atoms with Gasteiger partial charge in [0.05, 0.1) is 4.88 Å². The number of likely N-dealkylation sites (N-methyl/N-ethyl adjacent to an activating group) is 1. The standard InChI is InChI=1S/C17H21ClN2O2S/c1-12-8-14(18)4-5-15(12)22-10-13-9-16(23-11-13)17(21)19-6-7-20(2)3/h4-5,8-9,11H,6-7,10H2,1-3H3,(H,19,21). The summed E-state index contributed by atoms with van der Waals surface area (Å²) in [6, 6.07) is 7.41. The Morgan fingerprint density at radius 3 is 2.83 bits per heavy atom. The Kier molecular flexibility index (Phi) is 6.45. The molecule has 124 valence electrons. The Balaban J connectivity index is 1.88. The second-order valence-corrected chi connectivity index (χ2v) is 6.92. The first-order chi connectivity index (χ1) is 11.0. The van der Waals surface area contributed by atoms with Gasteiger partial charge in [-0.3, -0.25) is 4.79 Å². The van der Waals surface area contributed by atoms with Crippen LogP contribution >= 0.6 is 22.9 Å². The van der Waals surface area contributed by atoms with E-state index in [9.17, 15) is 4.79 Å². The normalized spacial score (nSPS) is 10.8. The van der Waals surface area contributed by atoms with Crippen molar-refractivity contribution in [3.8, 4) is 5.75 Å². The topological polar surface area (TPSA) is 41.6 Å². The second kappa shape index (κ2) is 8.34. The predicted molar refractivity (Wildman–Crippen MR) is 95.7 cm³/mol. The highest BCUT2D eigenvalue weighted by atomic mass is 35.5. The Labute approximate surface area is 146 Å². The van der Waals surface area contributed by atoms with Gasteiger partial charge in [0.2, 0.25) is 0 Å². The molecule has 0 atom stereocenters. The Morgan fingerprint density at radius 2 is 2.13 bits per heavy atom. The average Bonchev–Trinajstić information content (AvgIpc) is 2.95. The van der Waals surface area contributed by atoms with Crippen molar-refractivity contribution in [3.63, 3.8) is 0 Å². The van der Waals surface area contributed by atoms with Crippen LogP contribution in [0, 0.1) is 6.92 Å². The fourth-order valence-electron chi connectivity index (χ4n) is 1.99. The highest BCUT2D eigenvalue weighted by Crippen LogP contribution is 2.23. The summed E-state index contributed by atoms with van der Waals surface area (Å²) >= 11 is 7.36. The van der Waals surface area contributed by atoms with Crippen LogP contribution in [0.1, 0.15) is 20.8 Å². The van der Waals surface area contributed by atoms with E-state index in [2.05, 4.69) is 5.32 Å². The number of hydrogen-bond donors (Lipinski definition) is 1. The molecule has 0 fully saturated rings. The van der Waals surface area contributed by atoms with Crippen LogP contribution in [0.4, 0.5) is 0 Å². The lowest BCUT2D eigenvalue weighted by atomic mass is 10.2. The number of nitrogens with one attached hydrogen (secondary N) is 1. The number of benzene rings is 1. The van der Waals surface area contributed by atoms with Gasteiger partial charge in [-0.2, -0.15) is 0 Å². The first-order valence-electron chi connectivity index (χ1n) is 7.35. The van der Waals surface area contributed by atoms with Crippen molar-refractivity contribution in [1.29, 1.82) is 0 Å². The number of thiophene rings is 1. The molecule has 4 nitrogen and oxygen atoms in total. The summed E-state index contributed by atoms with van der Waals surface area (Å²) in [5.74, 6) is 0.767. The number of hydrogen-bond acceptors (Lipinski definition) is 4. The zero-order valence-corrected chi connectivity index (χ0v) is 15.1. The monoisotopic (exact) mass is 352 g/mol. The van der Waals surface area contributed by atoms with Gasteiger partial charge >= 0.3 is 0 Å². The van der Waals surface area contributed by atoms with Gasteiger partial charge in [-0.1, -0.05) is 11.6 Å². The van der Waals surface area contributed by atoms with E-state index < -0.39 is 0 Å². The number of aryl methyl sites for hydroxylation is 1. The van der Waals surface area contributed by atoms with Gasteiger partial charge in [0.1, 0.15) is 12.4 Å². The summed E-state index contributed by atoms with van der Waals surface area (Å²) in [5.41, 5.74) is 1.98. The molecule has 0 bridgehead atoms. The summed E-state index contributed by atoms with van der Waals surface area (Å²) in [6.07, 6.45) is 0. The molecule has 0 unspecified atom stereocenters. The van der Waals surface area contributed by atoms with Gasteiger partial charge in [-0.25, -0.2) is 0 Å². The van der Waals surface area contributed by atoms with E-state index in [1.807, 2.05) is 49.5 Å². The summed E-state index contributed by atoms with van der Waals surface area (Å²) in [4.78, 5) is 14.8. The molecule has 0 aliphatic carbocycles. The molecule has 1 aromatic carbocycles. The number of nitrogens with zero attached hydrogens (tertiary/aromatic N) is 1. The third-order valence-corrected chi connectivity index (χ3v) is 4.47. The maximum atomic E-state index is 12.0. The number of rotatable bonds is 7. The van der Waals surface area contributed by atoms with Crippen LogP contribution in [-0.2, 0) is 6.61 Å². The van der Waals surface area contributed by atoms with Gasteiger partial charge in [0, 0.05) is 23.7 Å². The van der Waals surface area contributed by atoms with E-state index >= 15 is 0 Å². The zero-order chi connectivity index (χ0) is 16.8. The number of carbonyl (C=O) groups is 1. The number of ether oxygens (including phenoxy) is 1. The lowest BCUT2D eigenvalue weighted by Crippen LogP contribution is -2.30. The lowest BCUT2D eigenvalue weighted by Gasteiger charge is -2.09. The molecule has 23 heavy (non-hydrogen) atoms. The fourth-order valence-corrected chi connectivity index (χ4v) is 3.03. The molecule has 0 radical (unpaired) electrons. The van der Waals surface area contributed by atoms with E-state index in [0.29, 0.717) is 23.1 Å². The van der Waals surface area contributed by atoms with Crippen molar-refractivity contribution in [2.24, 2.45) is 0 Å². The van der Waals surface area contributed by atoms with Gasteiger partial charge in [-0.05, 0) is 56.2 Å². The summed E-state index contributed by atoms with van der Waals surface area (Å²) in [5, 5.41) is 5.55. The first kappa shape index (κ1) is 17.8. The molecule has 0 saturated carbocycles. The van der Waals surface area contributed by atoms with Crippen LogP contribution in [0.5, 0.6) is 5.75 Å². The van der Waals surface area contributed by atoms with Crippen molar-refractivity contribution in [2.45, 2.75) is 13.5 Å². The fraction of sp³-hybridized carbons (Fsp3) is 0.353. The number of amides is 1. The van der Waals surface area contributed by atoms with Crippen molar-refractivity contribution in [3.05, 3.63) is 50.7 Å². The maximum Gasteiger partial charge on any atom is 0.261 e. The van der Waals surface area contributed by atoms with Gasteiger partial charge in [0.15, 0.2) is 0 Å². The van der Waals surface area contributed by atoms with Crippen LogP contribution in [0.2, 0.25) is 5.02 Å². The SMILES string of the molecule is Cc1cc(Cl)ccc1OCc1csc(C(=O)NCCN(C)C)c1. The van der Waals surface area contributed by atoms with E-state index in [4.69, 9.17) is 16.3 Å². The lowest BCUT2D eigenvalue weighted by molar-refractivity contribution is 0.0955. The predicted octanol–water partition coefficient (Wildman–Crippen LogP) is 3.58. The third-order valence-electron chi connectivity index (χ3n) is 3.25. The van der Waals surface area contributed by atoms with Crippen LogP contribution in [0.25, 0.3) is 0 Å². The second-order valence-electron chi connectivity index (χ2n) is 5.58. The molecule has 0 spiro atoms. The van der Waals surface area contributed by atoms with Crippen molar-refractivity contribution in [2.75, 3.05) is 27.2 Å². The van der Waals surface area contributed by atoms with E-state index in [0.717, 1.165) is 23.4 Å². The van der Waals surface area contributed by atoms with Crippen LogP contribution in [0.15, 0.2) is 29.6 Å². The highest BCUT2D eigenvalue weighted by Gasteiger charge is 2.09. The van der Waals surface area contributed by atoms with Crippen LogP contribution < -0.4 is 10.1 Å². The summed E-state index contributed by atoms with van der Waals surface area (Å²) < 4.78 is 5.79. The van der Waals surface area contributed by atoms with Crippen LogP contribution in [-0.4, -0.2) is 38.0 Å². The van der Waals surface area contributed by atoms with E-state index in [1.54, 1.807) is 6.07 Å². The molecule has 6 heteroatoms. The number of halogens is 1. The third kappa shape index (κ3) is 5.53. The molecule has 1 amide bonds. The Morgan fingerprint density at radius 1 is 1.35 bits per heavy atom. The highest BCUT2D eigenvalue weighted by molar-refractivity contribution is 7.12. The molecular formula is C17H21ClN2O2S. The molecular weight excluding hydrogens is 332 g/mol. The van der Waals surface area contributed by atoms with E-state index in [-0.39, 0.29) is 5.91 Å². The molecule has 0 aliphatic heterocycles. The molecule has 1 heterocycles. The van der Waals surface area contributed by atoms with Gasteiger partial charge < -0.3 is 15.0 Å². The molecule has 1 N–H and O–H groups in total. The minimum atomic E-state index is -0.0363. The van der Waals surface area contributed by atoms with E-state index in [1.165, 1.54) is 11.3 Å². The zero-order valence-electron chi connectivity index (χ0n) is 13.6. The van der Waals surface area contributed by atoms with Crippen LogP contribution in [0.3, 0.4) is 0 Å². The largest absolute Gasteiger partial charge is 0.489 e. The molecule has 2 aromatic rings. The Hall–Kier alpha value is -1.56. The van der Waals surface area contributed by atoms with Gasteiger partial charge in [0.25, 0.3) is 5.91 Å².